The summed E-state index contributed by atoms with van der Waals surface area (Å²) in [5.74, 6) is -0.413. The van der Waals surface area contributed by atoms with Gasteiger partial charge in [0.2, 0.25) is 0 Å². The molecular formula is C15H12Cl2N5Na2O6PS. The maximum absolute atomic E-state index is 12.2. The van der Waals surface area contributed by atoms with Crippen LogP contribution in [0.1, 0.15) is 11.3 Å². The minimum Gasteiger partial charge on any atom is -0.780 e. The van der Waals surface area contributed by atoms with Gasteiger partial charge in [-0.2, -0.15) is 5.10 Å². The van der Waals surface area contributed by atoms with E-state index >= 15 is 0 Å². The van der Waals surface area contributed by atoms with Gasteiger partial charge in [0.25, 0.3) is 0 Å². The number of hydrazone groups is 1. The number of aromatic nitrogens is 1. The summed E-state index contributed by atoms with van der Waals surface area (Å²) in [6, 6.07) is 5.40. The molecule has 1 aromatic carbocycles. The van der Waals surface area contributed by atoms with E-state index in [9.17, 15) is 19.1 Å². The molecule has 2 aromatic rings. The molecule has 0 aliphatic carbocycles. The zero-order valence-electron chi connectivity index (χ0n) is 16.7. The predicted molar refractivity (Wildman–Crippen MR) is 110 cm³/mol. The van der Waals surface area contributed by atoms with Crippen molar-refractivity contribution in [3.05, 3.63) is 51.8 Å². The zero-order chi connectivity index (χ0) is 22.3. The quantitative estimate of drug-likeness (QED) is 0.103. The van der Waals surface area contributed by atoms with Crippen LogP contribution in [0.15, 0.2) is 35.6 Å². The number of halogens is 2. The third kappa shape index (κ3) is 10.6. The Bertz CT molecular complexity index is 1050. The summed E-state index contributed by atoms with van der Waals surface area (Å²) in [6.45, 7) is -0.548. The molecule has 0 bridgehead atoms. The molecule has 1 heterocycles. The van der Waals surface area contributed by atoms with E-state index in [4.69, 9.17) is 33.7 Å². The number of nitrogens with one attached hydrogen (secondary N) is 2. The van der Waals surface area contributed by atoms with Gasteiger partial charge in [-0.1, -0.05) is 23.2 Å². The van der Waals surface area contributed by atoms with Crippen molar-refractivity contribution in [1.29, 1.82) is 0 Å². The van der Waals surface area contributed by atoms with Gasteiger partial charge in [-0.3, -0.25) is 15.7 Å². The topological polar surface area (TPSA) is 174 Å². The van der Waals surface area contributed by atoms with Crippen LogP contribution in [-0.4, -0.2) is 22.4 Å². The van der Waals surface area contributed by atoms with Crippen LogP contribution in [0.5, 0.6) is 5.75 Å². The van der Waals surface area contributed by atoms with Crippen LogP contribution in [-0.2, 0) is 15.9 Å². The average molecular weight is 538 g/mol. The number of amides is 1. The molecule has 1 amide bonds. The van der Waals surface area contributed by atoms with E-state index in [1.165, 1.54) is 24.5 Å². The SMILES string of the molecule is NC(=S)NN=Cc1ncccc1NC(=O)OCc1c(OP(=O)([O-])[O-])ccc(Cl)c1Cl.[Na+].[Na+]. The Kier molecular flexibility index (Phi) is 14.5. The minimum absolute atomic E-state index is 0. The van der Waals surface area contributed by atoms with Gasteiger partial charge in [-0.15, -0.1) is 0 Å². The number of carbonyl (C=O) groups is 1. The van der Waals surface area contributed by atoms with Gasteiger partial charge in [0.15, 0.2) is 5.11 Å². The Morgan fingerprint density at radius 3 is 2.62 bits per heavy atom. The van der Waals surface area contributed by atoms with Gasteiger partial charge in [-0.05, 0) is 36.5 Å². The van der Waals surface area contributed by atoms with Crippen LogP contribution in [0.25, 0.3) is 0 Å². The molecule has 2 rings (SSSR count). The van der Waals surface area contributed by atoms with E-state index in [1.54, 1.807) is 6.07 Å². The number of hydrogen-bond acceptors (Lipinski definition) is 9. The van der Waals surface area contributed by atoms with Gasteiger partial charge >= 0.3 is 65.2 Å². The smallest absolute Gasteiger partial charge is 0.780 e. The van der Waals surface area contributed by atoms with Crippen molar-refractivity contribution in [1.82, 2.24) is 10.4 Å². The number of ether oxygens (including phenoxy) is 1. The van der Waals surface area contributed by atoms with Crippen molar-refractivity contribution in [3.8, 4) is 5.75 Å². The van der Waals surface area contributed by atoms with E-state index in [0.29, 0.717) is 0 Å². The monoisotopic (exact) mass is 537 g/mol. The number of anilines is 1. The molecule has 0 aliphatic rings. The largest absolute Gasteiger partial charge is 1.00 e. The van der Waals surface area contributed by atoms with Crippen LogP contribution in [0.3, 0.4) is 0 Å². The molecule has 32 heavy (non-hydrogen) atoms. The fourth-order valence-corrected chi connectivity index (χ4v) is 2.83. The number of pyridine rings is 1. The molecule has 11 nitrogen and oxygen atoms in total. The van der Waals surface area contributed by atoms with Crippen LogP contribution in [0, 0.1) is 0 Å². The van der Waals surface area contributed by atoms with Crippen LogP contribution in [0.4, 0.5) is 10.5 Å². The normalized spacial score (nSPS) is 10.5. The second kappa shape index (κ2) is 14.7. The molecule has 17 heteroatoms. The second-order valence-corrected chi connectivity index (χ2v) is 7.55. The maximum Gasteiger partial charge on any atom is 1.00 e. The molecule has 0 fully saturated rings. The van der Waals surface area contributed by atoms with Crippen LogP contribution >= 0.6 is 43.2 Å². The van der Waals surface area contributed by atoms with Crippen molar-refractivity contribution in [3.63, 3.8) is 0 Å². The molecule has 0 aliphatic heterocycles. The zero-order valence-corrected chi connectivity index (χ0v) is 23.9. The van der Waals surface area contributed by atoms with Crippen molar-refractivity contribution in [2.75, 3.05) is 5.32 Å². The van der Waals surface area contributed by atoms with Gasteiger partial charge in [0.1, 0.15) is 25.9 Å². The Morgan fingerprint density at radius 1 is 1.31 bits per heavy atom. The van der Waals surface area contributed by atoms with E-state index < -0.39 is 26.3 Å². The summed E-state index contributed by atoms with van der Waals surface area (Å²) >= 11 is 16.5. The number of thiocarbonyl (C=S) groups is 1. The number of carbonyl (C=O) groups excluding carboxylic acids is 1. The van der Waals surface area contributed by atoms with E-state index in [1.807, 2.05) is 0 Å². The third-order valence-corrected chi connectivity index (χ3v) is 4.50. The number of phosphoric acid groups is 1. The van der Waals surface area contributed by atoms with Crippen molar-refractivity contribution < 1.29 is 87.5 Å². The summed E-state index contributed by atoms with van der Waals surface area (Å²) in [7, 11) is -5.38. The first-order chi connectivity index (χ1) is 14.1. The van der Waals surface area contributed by atoms with E-state index in [0.717, 1.165) is 6.07 Å². The predicted octanol–water partition coefficient (Wildman–Crippen LogP) is -4.48. The number of rotatable bonds is 7. The molecule has 0 unspecified atom stereocenters. The Balaban J connectivity index is 0.00000480. The first-order valence-electron chi connectivity index (χ1n) is 7.72. The average Bonchev–Trinajstić information content (AvgIpc) is 2.64. The summed E-state index contributed by atoms with van der Waals surface area (Å²) < 4.78 is 20.3. The molecule has 160 valence electrons. The standard InChI is InChI=1S/C15H14Cl2N5O6PS.2Na/c16-9-3-4-12(28-29(24,25)26)8(13(9)17)7-27-15(23)21-10-2-1-5-19-11(10)6-20-22-14(18)30;;/h1-6H,7H2,(H,21,23)(H3,18,22,30)(H2,24,25,26);;/q;2*+1/p-2. The Hall–Kier alpha value is -0.470. The molecule has 0 saturated carbocycles. The number of phosphoric ester groups is 1. The fourth-order valence-electron chi connectivity index (χ4n) is 1.98. The van der Waals surface area contributed by atoms with Gasteiger partial charge in [-0.25, -0.2) is 4.79 Å². The molecule has 0 saturated heterocycles. The molecule has 4 N–H and O–H groups in total. The van der Waals surface area contributed by atoms with Gasteiger partial charge in [0.05, 0.1) is 27.5 Å². The molecule has 0 radical (unpaired) electrons. The van der Waals surface area contributed by atoms with E-state index in [2.05, 4.69) is 37.6 Å². The maximum atomic E-state index is 12.2. The van der Waals surface area contributed by atoms with E-state index in [-0.39, 0.29) is 91.2 Å². The summed E-state index contributed by atoms with van der Waals surface area (Å²) in [5, 5.41) is 5.98. The summed E-state index contributed by atoms with van der Waals surface area (Å²) in [6.07, 6.45) is 1.77. The van der Waals surface area contributed by atoms with Crippen molar-refractivity contribution in [2.45, 2.75) is 6.61 Å². The second-order valence-electron chi connectivity index (χ2n) is 5.25. The van der Waals surface area contributed by atoms with Crippen LogP contribution in [0.2, 0.25) is 10.0 Å². The summed E-state index contributed by atoms with van der Waals surface area (Å²) in [5.41, 5.74) is 7.96. The number of nitrogens with two attached hydrogens (primary N) is 1. The number of benzene rings is 1. The number of nitrogens with zero attached hydrogens (tertiary/aromatic N) is 2. The Morgan fingerprint density at radius 2 is 2.00 bits per heavy atom. The number of hydrogen-bond donors (Lipinski definition) is 3. The molecule has 0 atom stereocenters. The molecule has 1 aromatic heterocycles. The van der Waals surface area contributed by atoms with Crippen molar-refractivity contribution in [2.24, 2.45) is 10.8 Å². The molecule has 0 spiro atoms. The van der Waals surface area contributed by atoms with Crippen molar-refractivity contribution >= 4 is 66.4 Å². The third-order valence-electron chi connectivity index (χ3n) is 3.15. The Labute approximate surface area is 242 Å². The first kappa shape index (κ1) is 31.5. The van der Waals surface area contributed by atoms with Crippen LogP contribution < -0.4 is 89.9 Å². The molecular weight excluding hydrogens is 526 g/mol. The first-order valence-corrected chi connectivity index (χ1v) is 10.3. The summed E-state index contributed by atoms with van der Waals surface area (Å²) in [4.78, 5) is 38.0. The minimum atomic E-state index is -5.38. The van der Waals surface area contributed by atoms with Gasteiger partial charge < -0.3 is 29.3 Å². The fraction of sp³-hybridized carbons (Fsp3) is 0.0667. The van der Waals surface area contributed by atoms with Gasteiger partial charge in [0, 0.05) is 6.20 Å².